The number of thioether (sulfide) groups is 1. The zero-order valence-corrected chi connectivity index (χ0v) is 12.1. The fourth-order valence-electron chi connectivity index (χ4n) is 1.59. The molecule has 0 saturated heterocycles. The predicted octanol–water partition coefficient (Wildman–Crippen LogP) is 2.78. The average molecular weight is 292 g/mol. The molecule has 0 bridgehead atoms. The van der Waals surface area contributed by atoms with Crippen molar-refractivity contribution in [2.24, 2.45) is 0 Å². The first-order chi connectivity index (χ1) is 9.25. The summed E-state index contributed by atoms with van der Waals surface area (Å²) in [6, 6.07) is 11.7. The van der Waals surface area contributed by atoms with Crippen LogP contribution in [0, 0.1) is 0 Å². The predicted molar refractivity (Wildman–Crippen MR) is 82.6 cm³/mol. The maximum atomic E-state index is 11.7. The Bertz CT molecular complexity index is 526. The molecule has 2 rings (SSSR count). The van der Waals surface area contributed by atoms with Crippen molar-refractivity contribution in [1.29, 1.82) is 0 Å². The smallest absolute Gasteiger partial charge is 0.230 e. The molecule has 1 aromatic heterocycles. The van der Waals surface area contributed by atoms with E-state index < -0.39 is 0 Å². The van der Waals surface area contributed by atoms with Gasteiger partial charge in [-0.2, -0.15) is 0 Å². The first-order valence-corrected chi connectivity index (χ1v) is 7.88. The Morgan fingerprint density at radius 3 is 2.84 bits per heavy atom. The monoisotopic (exact) mass is 292 g/mol. The number of para-hydroxylation sites is 1. The molecule has 3 N–H and O–H groups in total. The van der Waals surface area contributed by atoms with Crippen LogP contribution in [0.2, 0.25) is 0 Å². The summed E-state index contributed by atoms with van der Waals surface area (Å²) in [6.45, 7) is 0.685. The van der Waals surface area contributed by atoms with E-state index in [1.807, 2.05) is 35.7 Å². The lowest BCUT2D eigenvalue weighted by Gasteiger charge is -2.06. The molecule has 2 aromatic rings. The van der Waals surface area contributed by atoms with E-state index >= 15 is 0 Å². The van der Waals surface area contributed by atoms with Crippen LogP contribution in [0.15, 0.2) is 46.7 Å². The van der Waals surface area contributed by atoms with Crippen molar-refractivity contribution in [3.63, 3.8) is 0 Å². The zero-order valence-electron chi connectivity index (χ0n) is 10.5. The van der Waals surface area contributed by atoms with Crippen LogP contribution in [-0.2, 0) is 11.2 Å². The number of carbonyl (C=O) groups is 1. The molecule has 5 heteroatoms. The van der Waals surface area contributed by atoms with E-state index in [4.69, 9.17) is 5.73 Å². The summed E-state index contributed by atoms with van der Waals surface area (Å²) in [7, 11) is 0. The van der Waals surface area contributed by atoms with Crippen LogP contribution in [0.5, 0.6) is 0 Å². The van der Waals surface area contributed by atoms with Gasteiger partial charge in [0.05, 0.1) is 5.75 Å². The molecule has 1 heterocycles. The van der Waals surface area contributed by atoms with Gasteiger partial charge in [0.25, 0.3) is 0 Å². The molecule has 1 amide bonds. The van der Waals surface area contributed by atoms with E-state index in [0.29, 0.717) is 12.3 Å². The fraction of sp³-hybridized carbons (Fsp3) is 0.214. The second kappa shape index (κ2) is 7.21. The second-order valence-electron chi connectivity index (χ2n) is 4.01. The number of amides is 1. The lowest BCUT2D eigenvalue weighted by molar-refractivity contribution is -0.118. The number of hydrogen-bond donors (Lipinski definition) is 2. The summed E-state index contributed by atoms with van der Waals surface area (Å²) >= 11 is 3.18. The molecule has 0 atom stereocenters. The normalized spacial score (nSPS) is 10.3. The molecule has 0 saturated carbocycles. The van der Waals surface area contributed by atoms with Crippen molar-refractivity contribution in [3.05, 3.63) is 46.7 Å². The van der Waals surface area contributed by atoms with Crippen molar-refractivity contribution in [3.8, 4) is 0 Å². The van der Waals surface area contributed by atoms with E-state index in [0.717, 1.165) is 17.0 Å². The second-order valence-corrected chi connectivity index (χ2v) is 6.06. The molecule has 3 nitrogen and oxygen atoms in total. The van der Waals surface area contributed by atoms with E-state index in [1.165, 1.54) is 16.6 Å². The maximum absolute atomic E-state index is 11.7. The fourth-order valence-corrected chi connectivity index (χ4v) is 3.09. The molecule has 0 aliphatic rings. The summed E-state index contributed by atoms with van der Waals surface area (Å²) in [4.78, 5) is 13.9. The summed E-state index contributed by atoms with van der Waals surface area (Å²) in [6.07, 6.45) is 0.890. The molecule has 0 unspecified atom stereocenters. The van der Waals surface area contributed by atoms with Gasteiger partial charge in [0.1, 0.15) is 0 Å². The van der Waals surface area contributed by atoms with Gasteiger partial charge in [-0.25, -0.2) is 0 Å². The van der Waals surface area contributed by atoms with Crippen molar-refractivity contribution in [2.75, 3.05) is 18.0 Å². The molecule has 1 aromatic carbocycles. The summed E-state index contributed by atoms with van der Waals surface area (Å²) in [5, 5.41) is 4.96. The number of rotatable bonds is 6. The standard InChI is InChI=1S/C14H16N2OS2/c15-12-5-1-2-6-13(12)19-10-14(17)16-8-7-11-4-3-9-18-11/h1-6,9H,7-8,10,15H2,(H,16,17). The highest BCUT2D eigenvalue weighted by atomic mass is 32.2. The number of nitrogen functional groups attached to an aromatic ring is 1. The van der Waals surface area contributed by atoms with E-state index in [2.05, 4.69) is 11.4 Å². The van der Waals surface area contributed by atoms with Gasteiger partial charge in [-0.15, -0.1) is 23.1 Å². The summed E-state index contributed by atoms with van der Waals surface area (Å²) < 4.78 is 0. The quantitative estimate of drug-likeness (QED) is 0.636. The minimum absolute atomic E-state index is 0.0461. The Morgan fingerprint density at radius 1 is 1.26 bits per heavy atom. The molecule has 19 heavy (non-hydrogen) atoms. The highest BCUT2D eigenvalue weighted by Crippen LogP contribution is 2.23. The highest BCUT2D eigenvalue weighted by Gasteiger charge is 2.04. The Kier molecular flexibility index (Phi) is 5.30. The Morgan fingerprint density at radius 2 is 2.11 bits per heavy atom. The van der Waals surface area contributed by atoms with Gasteiger partial charge >= 0.3 is 0 Å². The summed E-state index contributed by atoms with van der Waals surface area (Å²) in [5.41, 5.74) is 6.54. The van der Waals surface area contributed by atoms with Gasteiger partial charge in [0, 0.05) is 22.0 Å². The lowest BCUT2D eigenvalue weighted by atomic mass is 10.3. The van der Waals surface area contributed by atoms with Crippen molar-refractivity contribution >= 4 is 34.7 Å². The van der Waals surface area contributed by atoms with Crippen LogP contribution in [-0.4, -0.2) is 18.2 Å². The van der Waals surface area contributed by atoms with Crippen molar-refractivity contribution < 1.29 is 4.79 Å². The third-order valence-electron chi connectivity index (χ3n) is 2.55. The van der Waals surface area contributed by atoms with Gasteiger partial charge in [-0.3, -0.25) is 4.79 Å². The van der Waals surface area contributed by atoms with Gasteiger partial charge in [-0.1, -0.05) is 18.2 Å². The third-order valence-corrected chi connectivity index (χ3v) is 4.58. The topological polar surface area (TPSA) is 55.1 Å². The molecule has 0 aliphatic heterocycles. The van der Waals surface area contributed by atoms with Gasteiger partial charge in [0.15, 0.2) is 0 Å². The SMILES string of the molecule is Nc1ccccc1SCC(=O)NCCc1cccs1. The molecular weight excluding hydrogens is 276 g/mol. The van der Waals surface area contributed by atoms with Crippen LogP contribution in [0.1, 0.15) is 4.88 Å². The number of nitrogens with two attached hydrogens (primary N) is 1. The maximum Gasteiger partial charge on any atom is 0.230 e. The minimum atomic E-state index is 0.0461. The lowest BCUT2D eigenvalue weighted by Crippen LogP contribution is -2.27. The van der Waals surface area contributed by atoms with Crippen LogP contribution in [0.3, 0.4) is 0 Å². The van der Waals surface area contributed by atoms with Gasteiger partial charge in [0.2, 0.25) is 5.91 Å². The van der Waals surface area contributed by atoms with Crippen LogP contribution in [0.4, 0.5) is 5.69 Å². The number of nitrogens with one attached hydrogen (secondary N) is 1. The van der Waals surface area contributed by atoms with Crippen LogP contribution >= 0.6 is 23.1 Å². The molecule has 0 spiro atoms. The molecule has 0 aliphatic carbocycles. The number of carbonyl (C=O) groups excluding carboxylic acids is 1. The first kappa shape index (κ1) is 14.0. The number of thiophene rings is 1. The Balaban J connectivity index is 1.69. The van der Waals surface area contributed by atoms with Gasteiger partial charge in [-0.05, 0) is 30.0 Å². The van der Waals surface area contributed by atoms with Crippen molar-refractivity contribution in [1.82, 2.24) is 5.32 Å². The van der Waals surface area contributed by atoms with E-state index in [-0.39, 0.29) is 5.91 Å². The van der Waals surface area contributed by atoms with Crippen LogP contribution in [0.25, 0.3) is 0 Å². The summed E-state index contributed by atoms with van der Waals surface area (Å²) in [5.74, 6) is 0.448. The number of hydrogen-bond acceptors (Lipinski definition) is 4. The van der Waals surface area contributed by atoms with Gasteiger partial charge < -0.3 is 11.1 Å². The number of benzene rings is 1. The van der Waals surface area contributed by atoms with Crippen LogP contribution < -0.4 is 11.1 Å². The molecule has 100 valence electrons. The molecule has 0 fully saturated rings. The third kappa shape index (κ3) is 4.61. The molecule has 0 radical (unpaired) electrons. The Hall–Kier alpha value is -1.46. The highest BCUT2D eigenvalue weighted by molar-refractivity contribution is 8.00. The van der Waals surface area contributed by atoms with Crippen molar-refractivity contribution in [2.45, 2.75) is 11.3 Å². The number of anilines is 1. The van der Waals surface area contributed by atoms with E-state index in [1.54, 1.807) is 11.3 Å². The molecular formula is C14H16N2OS2. The first-order valence-electron chi connectivity index (χ1n) is 6.02. The Labute approximate surface area is 121 Å². The minimum Gasteiger partial charge on any atom is -0.398 e. The zero-order chi connectivity index (χ0) is 13.5. The largest absolute Gasteiger partial charge is 0.398 e. The van der Waals surface area contributed by atoms with E-state index in [9.17, 15) is 4.79 Å². The average Bonchev–Trinajstić information content (AvgIpc) is 2.91.